The van der Waals surface area contributed by atoms with Gasteiger partial charge in [-0.3, -0.25) is 9.59 Å². The van der Waals surface area contributed by atoms with Gasteiger partial charge in [0.05, 0.1) is 0 Å². The van der Waals surface area contributed by atoms with E-state index >= 15 is 0 Å². The summed E-state index contributed by atoms with van der Waals surface area (Å²) in [5, 5.41) is 21.4. The lowest BCUT2D eigenvalue weighted by atomic mass is 9.82. The van der Waals surface area contributed by atoms with Gasteiger partial charge in [0.15, 0.2) is 11.6 Å². The Labute approximate surface area is 136 Å². The van der Waals surface area contributed by atoms with Crippen LogP contribution in [0.25, 0.3) is 0 Å². The van der Waals surface area contributed by atoms with Crippen molar-refractivity contribution >= 4 is 23.5 Å². The number of benzene rings is 2. The molecule has 0 aliphatic heterocycles. The molecule has 1 aliphatic rings. The molecule has 120 valence electrons. The van der Waals surface area contributed by atoms with Crippen molar-refractivity contribution in [3.8, 4) is 0 Å². The van der Waals surface area contributed by atoms with Gasteiger partial charge in [-0.25, -0.2) is 0 Å². The average molecular weight is 322 g/mol. The van der Waals surface area contributed by atoms with Crippen molar-refractivity contribution in [2.45, 2.75) is 12.8 Å². The quantitative estimate of drug-likeness (QED) is 0.611. The zero-order valence-corrected chi connectivity index (χ0v) is 12.3. The van der Waals surface area contributed by atoms with Gasteiger partial charge in [-0.2, -0.15) is 0 Å². The smallest absolute Gasteiger partial charge is 0.194 e. The molecule has 0 bridgehead atoms. The monoisotopic (exact) mass is 322 g/mol. The third-order valence-electron chi connectivity index (χ3n) is 3.84. The largest absolute Gasteiger partial charge is 0.550 e. The van der Waals surface area contributed by atoms with Crippen LogP contribution in [-0.2, 0) is 22.4 Å². The molecule has 6 heteroatoms. The van der Waals surface area contributed by atoms with E-state index in [1.807, 2.05) is 0 Å². The zero-order chi connectivity index (χ0) is 17.4. The first-order valence-electron chi connectivity index (χ1n) is 7.12. The fraction of sp³-hybridized carbons (Fsp3) is 0.111. The van der Waals surface area contributed by atoms with Crippen molar-refractivity contribution in [2.75, 3.05) is 0 Å². The summed E-state index contributed by atoms with van der Waals surface area (Å²) in [5.74, 6) is -3.39. The molecule has 0 spiro atoms. The van der Waals surface area contributed by atoms with E-state index in [9.17, 15) is 29.4 Å². The van der Waals surface area contributed by atoms with Gasteiger partial charge >= 0.3 is 0 Å². The third kappa shape index (κ3) is 2.69. The van der Waals surface area contributed by atoms with Gasteiger partial charge in [0.1, 0.15) is 0 Å². The van der Waals surface area contributed by atoms with Crippen LogP contribution in [0.1, 0.15) is 43.0 Å². The van der Waals surface area contributed by atoms with E-state index in [4.69, 9.17) is 0 Å². The van der Waals surface area contributed by atoms with Gasteiger partial charge in [0.2, 0.25) is 0 Å². The Bertz CT molecular complexity index is 838. The molecule has 0 heterocycles. The molecule has 0 unspecified atom stereocenters. The Morgan fingerprint density at radius 2 is 1.04 bits per heavy atom. The number of rotatable bonds is 4. The van der Waals surface area contributed by atoms with E-state index in [-0.39, 0.29) is 40.9 Å². The highest BCUT2D eigenvalue weighted by atomic mass is 16.4. The highest BCUT2D eigenvalue weighted by Crippen LogP contribution is 2.29. The molecule has 3 rings (SSSR count). The molecule has 0 fully saturated rings. The Hall–Kier alpha value is -3.28. The summed E-state index contributed by atoms with van der Waals surface area (Å²) < 4.78 is 0. The Kier molecular flexibility index (Phi) is 3.73. The van der Waals surface area contributed by atoms with E-state index in [1.165, 1.54) is 36.4 Å². The summed E-state index contributed by atoms with van der Waals surface area (Å²) >= 11 is 0. The second-order valence-corrected chi connectivity index (χ2v) is 5.52. The maximum Gasteiger partial charge on any atom is 0.194 e. The van der Waals surface area contributed by atoms with E-state index in [0.29, 0.717) is 11.1 Å². The highest BCUT2D eigenvalue weighted by Gasteiger charge is 2.29. The fourth-order valence-corrected chi connectivity index (χ4v) is 2.80. The molecular weight excluding hydrogens is 312 g/mol. The van der Waals surface area contributed by atoms with Gasteiger partial charge in [-0.15, -0.1) is 0 Å². The Morgan fingerprint density at radius 1 is 0.667 bits per heavy atom. The molecule has 2 aromatic carbocycles. The van der Waals surface area contributed by atoms with Gasteiger partial charge in [0, 0.05) is 47.0 Å². The van der Waals surface area contributed by atoms with Crippen LogP contribution >= 0.6 is 0 Å². The first-order valence-corrected chi connectivity index (χ1v) is 7.12. The van der Waals surface area contributed by atoms with Crippen molar-refractivity contribution in [3.63, 3.8) is 0 Å². The SMILES string of the molecule is O=C([O-])Cc1ccc2c(c1)C(=O)c1cc(CC(=O)[O-])ccc1C2=O. The molecule has 0 atom stereocenters. The molecular formula is C18H10O6-2. The summed E-state index contributed by atoms with van der Waals surface area (Å²) in [6.07, 6.45) is -0.737. The Balaban J connectivity index is 2.09. The number of carbonyl (C=O) groups excluding carboxylic acids is 4. The number of hydrogen-bond acceptors (Lipinski definition) is 6. The molecule has 24 heavy (non-hydrogen) atoms. The van der Waals surface area contributed by atoms with Crippen LogP contribution in [0.5, 0.6) is 0 Å². The first-order chi connectivity index (χ1) is 11.4. The number of hydrogen-bond donors (Lipinski definition) is 0. The number of fused-ring (bicyclic) bond motifs is 2. The van der Waals surface area contributed by atoms with Crippen LogP contribution in [0.3, 0.4) is 0 Å². The van der Waals surface area contributed by atoms with Crippen molar-refractivity contribution in [3.05, 3.63) is 69.8 Å². The number of carboxylic acid groups (broad SMARTS) is 2. The minimum Gasteiger partial charge on any atom is -0.550 e. The molecule has 6 nitrogen and oxygen atoms in total. The first kappa shape index (κ1) is 15.6. The predicted molar refractivity (Wildman–Crippen MR) is 77.2 cm³/mol. The summed E-state index contributed by atoms with van der Waals surface area (Å²) in [5.41, 5.74) is 1.31. The topological polar surface area (TPSA) is 114 Å². The van der Waals surface area contributed by atoms with E-state index in [0.717, 1.165) is 0 Å². The van der Waals surface area contributed by atoms with Crippen LogP contribution in [0.2, 0.25) is 0 Å². The second kappa shape index (κ2) is 5.73. The van der Waals surface area contributed by atoms with Crippen LogP contribution in [0.15, 0.2) is 36.4 Å². The zero-order valence-electron chi connectivity index (χ0n) is 12.3. The minimum absolute atomic E-state index is 0.108. The molecule has 0 saturated heterocycles. The van der Waals surface area contributed by atoms with Crippen LogP contribution in [-0.4, -0.2) is 23.5 Å². The van der Waals surface area contributed by atoms with Gasteiger partial charge < -0.3 is 19.8 Å². The van der Waals surface area contributed by atoms with Crippen molar-refractivity contribution in [1.29, 1.82) is 0 Å². The molecule has 0 radical (unpaired) electrons. The van der Waals surface area contributed by atoms with E-state index in [2.05, 4.69) is 0 Å². The molecule has 0 amide bonds. The fourth-order valence-electron chi connectivity index (χ4n) is 2.80. The lowest BCUT2D eigenvalue weighted by molar-refractivity contribution is -0.306. The molecule has 0 N–H and O–H groups in total. The van der Waals surface area contributed by atoms with Crippen LogP contribution < -0.4 is 10.2 Å². The number of carboxylic acids is 2. The predicted octanol–water partition coefficient (Wildman–Crippen LogP) is -0.953. The van der Waals surface area contributed by atoms with Gasteiger partial charge in [-0.05, 0) is 23.3 Å². The van der Waals surface area contributed by atoms with E-state index < -0.39 is 17.7 Å². The molecule has 1 aliphatic carbocycles. The number of carbonyl (C=O) groups is 4. The third-order valence-corrected chi connectivity index (χ3v) is 3.84. The maximum absolute atomic E-state index is 12.7. The van der Waals surface area contributed by atoms with Crippen molar-refractivity contribution in [2.24, 2.45) is 0 Å². The summed E-state index contributed by atoms with van der Waals surface area (Å²) in [6, 6.07) is 8.50. The number of ketones is 2. The normalized spacial score (nSPS) is 12.5. The molecule has 0 saturated carbocycles. The van der Waals surface area contributed by atoms with Crippen molar-refractivity contribution < 1.29 is 29.4 Å². The summed E-state index contributed by atoms with van der Waals surface area (Å²) in [4.78, 5) is 46.6. The Morgan fingerprint density at radius 3 is 1.42 bits per heavy atom. The molecule has 2 aromatic rings. The lowest BCUT2D eigenvalue weighted by Gasteiger charge is -2.19. The van der Waals surface area contributed by atoms with Gasteiger partial charge in [0.25, 0.3) is 0 Å². The lowest BCUT2D eigenvalue weighted by Crippen LogP contribution is -2.26. The second-order valence-electron chi connectivity index (χ2n) is 5.52. The number of aliphatic carboxylic acids is 2. The highest BCUT2D eigenvalue weighted by molar-refractivity contribution is 6.28. The minimum atomic E-state index is -1.29. The molecule has 0 aromatic heterocycles. The average Bonchev–Trinajstić information content (AvgIpc) is 2.51. The summed E-state index contributed by atoms with van der Waals surface area (Å²) in [6.45, 7) is 0. The summed E-state index contributed by atoms with van der Waals surface area (Å²) in [7, 11) is 0. The van der Waals surface area contributed by atoms with Crippen molar-refractivity contribution in [1.82, 2.24) is 0 Å². The van der Waals surface area contributed by atoms with Crippen LogP contribution in [0, 0.1) is 0 Å². The van der Waals surface area contributed by atoms with E-state index in [1.54, 1.807) is 0 Å². The standard InChI is InChI=1S/C18H12O6/c19-15(20)7-9-1-3-11-13(5-9)18(24)14-6-10(8-16(21)22)2-4-12(14)17(11)23/h1-6H,7-8H2,(H,19,20)(H,21,22)/p-2. The van der Waals surface area contributed by atoms with Gasteiger partial charge in [-0.1, -0.05) is 24.3 Å². The van der Waals surface area contributed by atoms with Crippen LogP contribution in [0.4, 0.5) is 0 Å². The maximum atomic E-state index is 12.7.